The maximum Gasteiger partial charge on any atom is 0.0648 e. The molecule has 0 amide bonds. The zero-order valence-corrected chi connectivity index (χ0v) is 9.71. The maximum atomic E-state index is 10.1. The fraction of sp³-hybridized carbons (Fsp3) is 1.00. The minimum Gasteiger partial charge on any atom is -0.393 e. The maximum absolute atomic E-state index is 10.1. The largest absolute Gasteiger partial charge is 0.393 e. The smallest absolute Gasteiger partial charge is 0.0648 e. The third-order valence-corrected chi connectivity index (χ3v) is 3.42. The van der Waals surface area contributed by atoms with E-state index in [-0.39, 0.29) is 11.5 Å². The van der Waals surface area contributed by atoms with Gasteiger partial charge >= 0.3 is 0 Å². The predicted octanol–water partition coefficient (Wildman–Crippen LogP) is 2.48. The van der Waals surface area contributed by atoms with Crippen LogP contribution in [0.1, 0.15) is 59.3 Å². The molecule has 0 radical (unpaired) electrons. The van der Waals surface area contributed by atoms with Crippen LogP contribution in [0, 0.1) is 5.41 Å². The van der Waals surface area contributed by atoms with Gasteiger partial charge in [0.1, 0.15) is 0 Å². The molecule has 0 heterocycles. The summed E-state index contributed by atoms with van der Waals surface area (Å²) in [7, 11) is 0. The Bertz CT molecular complexity index is 175. The lowest BCUT2D eigenvalue weighted by molar-refractivity contribution is -0.00173. The van der Waals surface area contributed by atoms with Gasteiger partial charge in [-0.25, -0.2) is 0 Å². The molecule has 0 aromatic heterocycles. The third kappa shape index (κ3) is 3.25. The van der Waals surface area contributed by atoms with Gasteiger partial charge in [-0.15, -0.1) is 0 Å². The number of hydrogen-bond donors (Lipinski definition) is 2. The van der Waals surface area contributed by atoms with Crippen LogP contribution in [-0.4, -0.2) is 21.9 Å². The van der Waals surface area contributed by atoms with Crippen molar-refractivity contribution in [2.75, 3.05) is 0 Å². The molecule has 14 heavy (non-hydrogen) atoms. The first kappa shape index (κ1) is 12.0. The highest BCUT2D eigenvalue weighted by Gasteiger charge is 2.33. The molecule has 1 saturated carbocycles. The molecule has 1 aliphatic carbocycles. The highest BCUT2D eigenvalue weighted by Crippen LogP contribution is 2.35. The monoisotopic (exact) mass is 200 g/mol. The van der Waals surface area contributed by atoms with Gasteiger partial charge in [0.2, 0.25) is 0 Å². The average Bonchev–Trinajstić information content (AvgIpc) is 2.47. The topological polar surface area (TPSA) is 40.5 Å². The second-order valence-corrected chi connectivity index (χ2v) is 5.85. The minimum absolute atomic E-state index is 0.0606. The van der Waals surface area contributed by atoms with E-state index in [1.807, 2.05) is 20.8 Å². The molecule has 0 spiro atoms. The molecule has 1 fully saturated rings. The molecule has 0 saturated heterocycles. The molecule has 2 nitrogen and oxygen atoms in total. The van der Waals surface area contributed by atoms with E-state index >= 15 is 0 Å². The van der Waals surface area contributed by atoms with Crippen molar-refractivity contribution in [3.8, 4) is 0 Å². The fourth-order valence-corrected chi connectivity index (χ4v) is 2.12. The van der Waals surface area contributed by atoms with E-state index in [2.05, 4.69) is 0 Å². The van der Waals surface area contributed by atoms with Crippen LogP contribution in [-0.2, 0) is 0 Å². The Kier molecular flexibility index (Phi) is 3.59. The van der Waals surface area contributed by atoms with Crippen molar-refractivity contribution in [2.24, 2.45) is 5.41 Å². The number of aliphatic hydroxyl groups is 2. The van der Waals surface area contributed by atoms with E-state index in [1.165, 1.54) is 0 Å². The molecule has 2 N–H and O–H groups in total. The molecular weight excluding hydrogens is 176 g/mol. The Morgan fingerprint density at radius 3 is 2.14 bits per heavy atom. The quantitative estimate of drug-likeness (QED) is 0.734. The van der Waals surface area contributed by atoms with Crippen LogP contribution in [0.5, 0.6) is 0 Å². The van der Waals surface area contributed by atoms with Crippen LogP contribution in [0.4, 0.5) is 0 Å². The van der Waals surface area contributed by atoms with Gasteiger partial charge in [0.25, 0.3) is 0 Å². The van der Waals surface area contributed by atoms with Crippen LogP contribution in [0.25, 0.3) is 0 Å². The van der Waals surface area contributed by atoms with Crippen molar-refractivity contribution in [1.82, 2.24) is 0 Å². The van der Waals surface area contributed by atoms with E-state index in [9.17, 15) is 10.2 Å². The summed E-state index contributed by atoms with van der Waals surface area (Å²) in [6, 6.07) is 0. The summed E-state index contributed by atoms with van der Waals surface area (Å²) in [6.45, 7) is 6.11. The fourth-order valence-electron chi connectivity index (χ4n) is 2.12. The predicted molar refractivity (Wildman–Crippen MR) is 58.1 cm³/mol. The molecule has 84 valence electrons. The molecule has 2 heteroatoms. The summed E-state index contributed by atoms with van der Waals surface area (Å²) in [6.07, 6.45) is 5.30. The Balaban J connectivity index is 2.33. The van der Waals surface area contributed by atoms with Crippen LogP contribution in [0.15, 0.2) is 0 Å². The zero-order chi connectivity index (χ0) is 10.8. The molecule has 1 atom stereocenters. The second kappa shape index (κ2) is 4.19. The first-order chi connectivity index (χ1) is 6.33. The van der Waals surface area contributed by atoms with Gasteiger partial charge in [-0.3, -0.25) is 0 Å². The molecule has 1 unspecified atom stereocenters. The van der Waals surface area contributed by atoms with Gasteiger partial charge in [0.05, 0.1) is 11.7 Å². The van der Waals surface area contributed by atoms with Crippen LogP contribution in [0.3, 0.4) is 0 Å². The molecular formula is C12H24O2. The highest BCUT2D eigenvalue weighted by atomic mass is 16.3. The lowest BCUT2D eigenvalue weighted by Gasteiger charge is -2.29. The molecule has 0 bridgehead atoms. The van der Waals surface area contributed by atoms with Crippen molar-refractivity contribution in [3.05, 3.63) is 0 Å². The second-order valence-electron chi connectivity index (χ2n) is 5.85. The Morgan fingerprint density at radius 2 is 1.71 bits per heavy atom. The van der Waals surface area contributed by atoms with Gasteiger partial charge in [0.15, 0.2) is 0 Å². The summed E-state index contributed by atoms with van der Waals surface area (Å²) >= 11 is 0. The van der Waals surface area contributed by atoms with Crippen LogP contribution in [0.2, 0.25) is 0 Å². The van der Waals surface area contributed by atoms with Crippen molar-refractivity contribution >= 4 is 0 Å². The number of rotatable bonds is 3. The number of aliphatic hydroxyl groups excluding tert-OH is 1. The van der Waals surface area contributed by atoms with Crippen molar-refractivity contribution in [1.29, 1.82) is 0 Å². The molecule has 0 aliphatic heterocycles. The molecule has 1 rings (SSSR count). The van der Waals surface area contributed by atoms with Gasteiger partial charge in [-0.1, -0.05) is 33.6 Å². The molecule has 1 aliphatic rings. The van der Waals surface area contributed by atoms with Crippen LogP contribution < -0.4 is 0 Å². The van der Waals surface area contributed by atoms with E-state index in [0.29, 0.717) is 0 Å². The Hall–Kier alpha value is -0.0800. The minimum atomic E-state index is -0.466. The van der Waals surface area contributed by atoms with Crippen molar-refractivity contribution in [3.63, 3.8) is 0 Å². The van der Waals surface area contributed by atoms with Crippen LogP contribution >= 0.6 is 0 Å². The summed E-state index contributed by atoms with van der Waals surface area (Å²) in [5.74, 6) is 0. The summed E-state index contributed by atoms with van der Waals surface area (Å²) < 4.78 is 0. The first-order valence-corrected chi connectivity index (χ1v) is 5.74. The zero-order valence-electron chi connectivity index (χ0n) is 9.71. The van der Waals surface area contributed by atoms with Crippen molar-refractivity contribution in [2.45, 2.75) is 71.0 Å². The van der Waals surface area contributed by atoms with Gasteiger partial charge in [-0.05, 0) is 31.1 Å². The standard InChI is InChI=1S/C12H24O2/c1-11(2,3)10(13)6-9-12(14)7-4-5-8-12/h10,13-14H,4-9H2,1-3H3. The number of hydrogen-bond acceptors (Lipinski definition) is 2. The first-order valence-electron chi connectivity index (χ1n) is 5.74. The summed E-state index contributed by atoms with van der Waals surface area (Å²) in [5.41, 5.74) is -0.527. The van der Waals surface area contributed by atoms with E-state index in [0.717, 1.165) is 38.5 Å². The lowest BCUT2D eigenvalue weighted by Crippen LogP contribution is -2.31. The molecule has 0 aromatic rings. The summed E-state index contributed by atoms with van der Waals surface area (Å²) in [5, 5.41) is 19.9. The SMILES string of the molecule is CC(C)(C)C(O)CCC1(O)CCCC1. The summed E-state index contributed by atoms with van der Waals surface area (Å²) in [4.78, 5) is 0. The lowest BCUT2D eigenvalue weighted by atomic mass is 9.83. The van der Waals surface area contributed by atoms with E-state index in [1.54, 1.807) is 0 Å². The average molecular weight is 200 g/mol. The van der Waals surface area contributed by atoms with Gasteiger partial charge in [-0.2, -0.15) is 0 Å². The third-order valence-electron chi connectivity index (χ3n) is 3.42. The van der Waals surface area contributed by atoms with Gasteiger partial charge < -0.3 is 10.2 Å². The molecule has 0 aromatic carbocycles. The van der Waals surface area contributed by atoms with E-state index in [4.69, 9.17) is 0 Å². The van der Waals surface area contributed by atoms with E-state index < -0.39 is 5.60 Å². The Morgan fingerprint density at radius 1 is 1.21 bits per heavy atom. The van der Waals surface area contributed by atoms with Crippen molar-refractivity contribution < 1.29 is 10.2 Å². The highest BCUT2D eigenvalue weighted by molar-refractivity contribution is 4.86. The Labute approximate surface area is 87.3 Å². The van der Waals surface area contributed by atoms with Gasteiger partial charge in [0, 0.05) is 0 Å². The normalized spacial score (nSPS) is 23.8.